The number of hydrogen-bond acceptors (Lipinski definition) is 2. The van der Waals surface area contributed by atoms with E-state index in [-0.39, 0.29) is 23.9 Å². The molecule has 0 spiro atoms. The Morgan fingerprint density at radius 2 is 1.95 bits per heavy atom. The van der Waals surface area contributed by atoms with Crippen molar-refractivity contribution >= 4 is 40.9 Å². The summed E-state index contributed by atoms with van der Waals surface area (Å²) in [6.07, 6.45) is 9.66. The Morgan fingerprint density at radius 1 is 1.22 bits per heavy atom. The van der Waals surface area contributed by atoms with Gasteiger partial charge in [-0.3, -0.25) is 4.79 Å². The summed E-state index contributed by atoms with van der Waals surface area (Å²) >= 11 is 14.5. The normalized spacial score (nSPS) is 23.3. The van der Waals surface area contributed by atoms with Crippen LogP contribution in [-0.2, 0) is 4.79 Å². The van der Waals surface area contributed by atoms with Gasteiger partial charge in [-0.15, -0.1) is 18.3 Å². The standard InChI is InChI=1S/C32H37Cl2NOS/c1-6-19-32(5)21-29(24-13-12-14-26(34)20-24)30(23(4)17-18-25(33)7-2)35(31(32)36)27(8-3)22-37-28-15-10-9-11-16-28/h6-7,9-18,20,27,29-30H,1,4,8,19,21-22H2,2-3,5H3/b18-17-,25-7+/t27?,29-,30-,32+/m1/s1. The fraction of sp³-hybridized carbons (Fsp3) is 0.344. The van der Waals surface area contributed by atoms with Crippen LogP contribution in [0.2, 0.25) is 5.02 Å². The lowest BCUT2D eigenvalue weighted by Crippen LogP contribution is -2.60. The van der Waals surface area contributed by atoms with E-state index >= 15 is 0 Å². The van der Waals surface area contributed by atoms with Crippen molar-refractivity contribution in [3.05, 3.63) is 113 Å². The van der Waals surface area contributed by atoms with Crippen molar-refractivity contribution in [2.75, 3.05) is 5.75 Å². The topological polar surface area (TPSA) is 20.3 Å². The van der Waals surface area contributed by atoms with Gasteiger partial charge in [-0.25, -0.2) is 0 Å². The Hall–Kier alpha value is -2.20. The van der Waals surface area contributed by atoms with Crippen LogP contribution in [0.4, 0.5) is 0 Å². The van der Waals surface area contributed by atoms with Crippen LogP contribution in [0.25, 0.3) is 0 Å². The fourth-order valence-electron chi connectivity index (χ4n) is 5.16. The highest BCUT2D eigenvalue weighted by molar-refractivity contribution is 7.99. The molecule has 0 saturated carbocycles. The summed E-state index contributed by atoms with van der Waals surface area (Å²) in [5, 5.41) is 1.33. The van der Waals surface area contributed by atoms with Crippen molar-refractivity contribution in [1.82, 2.24) is 4.90 Å². The zero-order valence-corrected chi connectivity index (χ0v) is 24.3. The molecule has 2 aromatic rings. The third kappa shape index (κ3) is 7.22. The minimum absolute atomic E-state index is 0.0242. The van der Waals surface area contributed by atoms with Crippen LogP contribution in [-0.4, -0.2) is 28.6 Å². The second kappa shape index (κ2) is 13.6. The number of halogens is 2. The number of piperidine rings is 1. The second-order valence-corrected chi connectivity index (χ2v) is 11.8. The molecule has 0 aliphatic carbocycles. The number of benzene rings is 2. The zero-order valence-electron chi connectivity index (χ0n) is 22.0. The molecule has 1 unspecified atom stereocenters. The van der Waals surface area contributed by atoms with Crippen molar-refractivity contribution < 1.29 is 4.79 Å². The quantitative estimate of drug-likeness (QED) is 0.157. The Kier molecular flexibility index (Phi) is 10.8. The molecular weight excluding hydrogens is 517 g/mol. The lowest BCUT2D eigenvalue weighted by Gasteiger charge is -2.52. The maximum Gasteiger partial charge on any atom is 0.229 e. The van der Waals surface area contributed by atoms with Crippen LogP contribution in [0.1, 0.15) is 51.5 Å². The van der Waals surface area contributed by atoms with Gasteiger partial charge in [0.2, 0.25) is 5.91 Å². The van der Waals surface area contributed by atoms with Crippen molar-refractivity contribution in [3.8, 4) is 0 Å². The number of carbonyl (C=O) groups is 1. The molecule has 0 radical (unpaired) electrons. The number of amides is 1. The molecule has 3 rings (SSSR count). The van der Waals surface area contributed by atoms with E-state index in [0.29, 0.717) is 22.9 Å². The van der Waals surface area contributed by atoms with Crippen molar-refractivity contribution in [3.63, 3.8) is 0 Å². The summed E-state index contributed by atoms with van der Waals surface area (Å²) in [6.45, 7) is 14.6. The molecule has 2 aromatic carbocycles. The van der Waals surface area contributed by atoms with Crippen LogP contribution in [0, 0.1) is 5.41 Å². The van der Waals surface area contributed by atoms with Crippen LogP contribution < -0.4 is 0 Å². The number of carbonyl (C=O) groups excluding carboxylic acids is 1. The molecule has 1 heterocycles. The van der Waals surface area contributed by atoms with Crippen molar-refractivity contribution in [2.45, 2.75) is 62.9 Å². The van der Waals surface area contributed by atoms with Gasteiger partial charge in [0.25, 0.3) is 0 Å². The van der Waals surface area contributed by atoms with Crippen LogP contribution in [0.5, 0.6) is 0 Å². The lowest BCUT2D eigenvalue weighted by atomic mass is 9.67. The molecule has 1 saturated heterocycles. The van der Waals surface area contributed by atoms with Crippen LogP contribution in [0.3, 0.4) is 0 Å². The molecule has 0 aromatic heterocycles. The number of hydrogen-bond donors (Lipinski definition) is 0. The Balaban J connectivity index is 2.11. The van der Waals surface area contributed by atoms with Gasteiger partial charge in [-0.1, -0.05) is 92.2 Å². The van der Waals surface area contributed by atoms with E-state index in [0.717, 1.165) is 23.3 Å². The van der Waals surface area contributed by atoms with Crippen LogP contribution >= 0.6 is 35.0 Å². The number of likely N-dealkylation sites (tertiary alicyclic amines) is 1. The number of nitrogens with zero attached hydrogens (tertiary/aromatic N) is 1. The monoisotopic (exact) mass is 553 g/mol. The van der Waals surface area contributed by atoms with Gasteiger partial charge in [-0.05, 0) is 67.7 Å². The highest BCUT2D eigenvalue weighted by Gasteiger charge is 2.50. The van der Waals surface area contributed by atoms with Gasteiger partial charge in [0.15, 0.2) is 0 Å². The van der Waals surface area contributed by atoms with E-state index in [1.165, 1.54) is 4.90 Å². The third-order valence-corrected chi connectivity index (χ3v) is 8.87. The molecule has 1 fully saturated rings. The maximum absolute atomic E-state index is 14.3. The third-order valence-electron chi connectivity index (χ3n) is 7.14. The molecule has 37 heavy (non-hydrogen) atoms. The molecule has 0 N–H and O–H groups in total. The van der Waals surface area contributed by atoms with Crippen LogP contribution in [0.15, 0.2) is 108 Å². The van der Waals surface area contributed by atoms with Crippen molar-refractivity contribution in [2.24, 2.45) is 5.41 Å². The van der Waals surface area contributed by atoms with E-state index < -0.39 is 5.41 Å². The molecule has 1 aliphatic heterocycles. The SMILES string of the molecule is C=CC[C@@]1(C)C[C@H](c2cccc(Cl)c2)[C@@H](C(=C)/C=C\C(Cl)=C/C)N(C(CC)CSc2ccccc2)C1=O. The van der Waals surface area contributed by atoms with E-state index in [9.17, 15) is 4.79 Å². The molecule has 5 heteroatoms. The summed E-state index contributed by atoms with van der Waals surface area (Å²) in [5.74, 6) is 0.975. The van der Waals surface area contributed by atoms with E-state index in [4.69, 9.17) is 23.2 Å². The molecule has 1 aliphatic rings. The summed E-state index contributed by atoms with van der Waals surface area (Å²) in [7, 11) is 0. The Labute approximate surface area is 237 Å². The summed E-state index contributed by atoms with van der Waals surface area (Å²) in [4.78, 5) is 17.7. The van der Waals surface area contributed by atoms with Gasteiger partial charge in [0, 0.05) is 32.7 Å². The average Bonchev–Trinajstić information content (AvgIpc) is 2.90. The number of allylic oxidation sites excluding steroid dienone is 4. The lowest BCUT2D eigenvalue weighted by molar-refractivity contribution is -0.151. The molecule has 2 nitrogen and oxygen atoms in total. The second-order valence-electron chi connectivity index (χ2n) is 9.84. The van der Waals surface area contributed by atoms with Gasteiger partial charge in [-0.2, -0.15) is 0 Å². The smallest absolute Gasteiger partial charge is 0.229 e. The summed E-state index contributed by atoms with van der Waals surface area (Å²) < 4.78 is 0. The molecular formula is C32H37Cl2NOS. The maximum atomic E-state index is 14.3. The summed E-state index contributed by atoms with van der Waals surface area (Å²) in [5.41, 5.74) is 1.41. The highest BCUT2D eigenvalue weighted by Crippen LogP contribution is 2.48. The summed E-state index contributed by atoms with van der Waals surface area (Å²) in [6, 6.07) is 18.2. The predicted octanol–water partition coefficient (Wildman–Crippen LogP) is 9.43. The van der Waals surface area contributed by atoms with Gasteiger partial charge in [0.05, 0.1) is 11.5 Å². The average molecular weight is 555 g/mol. The largest absolute Gasteiger partial charge is 0.331 e. The van der Waals surface area contributed by atoms with Gasteiger partial charge in [0.1, 0.15) is 0 Å². The molecule has 0 bridgehead atoms. The van der Waals surface area contributed by atoms with Gasteiger partial charge < -0.3 is 4.90 Å². The number of thioether (sulfide) groups is 1. The molecule has 196 valence electrons. The Bertz CT molecular complexity index is 1160. The first-order valence-electron chi connectivity index (χ1n) is 12.8. The highest BCUT2D eigenvalue weighted by atomic mass is 35.5. The first-order chi connectivity index (χ1) is 17.7. The first kappa shape index (κ1) is 29.4. The van der Waals surface area contributed by atoms with Crippen molar-refractivity contribution in [1.29, 1.82) is 0 Å². The fourth-order valence-corrected chi connectivity index (χ4v) is 6.55. The molecule has 4 atom stereocenters. The predicted molar refractivity (Wildman–Crippen MR) is 161 cm³/mol. The number of rotatable bonds is 11. The van der Waals surface area contributed by atoms with E-state index in [1.807, 2.05) is 67.6 Å². The first-order valence-corrected chi connectivity index (χ1v) is 14.5. The Morgan fingerprint density at radius 3 is 2.57 bits per heavy atom. The van der Waals surface area contributed by atoms with Gasteiger partial charge >= 0.3 is 0 Å². The zero-order chi connectivity index (χ0) is 27.0. The van der Waals surface area contributed by atoms with E-state index in [2.05, 4.69) is 50.1 Å². The minimum Gasteiger partial charge on any atom is -0.331 e. The van der Waals surface area contributed by atoms with E-state index in [1.54, 1.807) is 11.8 Å². The minimum atomic E-state index is -0.568. The molecule has 1 amide bonds.